The van der Waals surface area contributed by atoms with Crippen LogP contribution in [0.25, 0.3) is 0 Å². The van der Waals surface area contributed by atoms with E-state index in [1.165, 1.54) is 5.56 Å². The van der Waals surface area contributed by atoms with Crippen molar-refractivity contribution in [3.63, 3.8) is 0 Å². The number of hydrogen-bond acceptors (Lipinski definition) is 4. The van der Waals surface area contributed by atoms with E-state index in [9.17, 15) is 4.79 Å². The van der Waals surface area contributed by atoms with E-state index in [1.54, 1.807) is 0 Å². The fourth-order valence-electron chi connectivity index (χ4n) is 4.58. The summed E-state index contributed by atoms with van der Waals surface area (Å²) in [5.41, 5.74) is 3.89. The number of likely N-dealkylation sites (tertiary alicyclic amines) is 1. The largest absolute Gasteiger partial charge is 0.310 e. The monoisotopic (exact) mass is 376 g/mol. The molecule has 5 nitrogen and oxygen atoms in total. The van der Waals surface area contributed by atoms with E-state index < -0.39 is 0 Å². The number of fused-ring (bicyclic) bond motifs is 2. The molecular weight excluding hydrogens is 348 g/mol. The second-order valence-corrected chi connectivity index (χ2v) is 9.36. The molecule has 4 rings (SSSR count). The molecule has 1 aromatic carbocycles. The van der Waals surface area contributed by atoms with Gasteiger partial charge in [0.25, 0.3) is 5.56 Å². The van der Waals surface area contributed by atoms with E-state index in [0.29, 0.717) is 5.56 Å². The minimum absolute atomic E-state index is 0.0603. The van der Waals surface area contributed by atoms with Crippen molar-refractivity contribution >= 4 is 0 Å². The van der Waals surface area contributed by atoms with E-state index in [2.05, 4.69) is 36.7 Å². The highest BCUT2D eigenvalue weighted by Gasteiger charge is 2.44. The van der Waals surface area contributed by atoms with Crippen LogP contribution in [-0.4, -0.2) is 28.0 Å². The molecule has 1 fully saturated rings. The number of aromatic amines is 1. The minimum Gasteiger partial charge on any atom is -0.310 e. The molecule has 5 heteroatoms. The zero-order chi connectivity index (χ0) is 19.9. The quantitative estimate of drug-likeness (QED) is 0.872. The van der Waals surface area contributed by atoms with Gasteiger partial charge in [-0.15, -0.1) is 0 Å². The molecule has 0 saturated carbocycles. The van der Waals surface area contributed by atoms with Gasteiger partial charge in [0, 0.05) is 22.9 Å². The molecule has 0 amide bonds. The lowest BCUT2D eigenvalue weighted by Crippen LogP contribution is -2.42. The van der Waals surface area contributed by atoms with Crippen molar-refractivity contribution in [3.05, 3.63) is 62.8 Å². The number of aromatic nitrogens is 2. The predicted octanol–water partition coefficient (Wildman–Crippen LogP) is 3.42. The molecule has 1 aromatic heterocycles. The topological polar surface area (TPSA) is 72.8 Å². The van der Waals surface area contributed by atoms with Gasteiger partial charge in [-0.1, -0.05) is 32.9 Å². The Hall–Kier alpha value is -2.45. The van der Waals surface area contributed by atoms with Crippen LogP contribution in [0.4, 0.5) is 0 Å². The van der Waals surface area contributed by atoms with E-state index in [-0.39, 0.29) is 16.4 Å². The van der Waals surface area contributed by atoms with Crippen molar-refractivity contribution in [1.29, 1.82) is 5.26 Å². The first-order valence-corrected chi connectivity index (χ1v) is 10.2. The number of nitrogens with one attached hydrogen (secondary N) is 1. The third-order valence-corrected chi connectivity index (χ3v) is 6.38. The first-order valence-electron chi connectivity index (χ1n) is 10.2. The summed E-state index contributed by atoms with van der Waals surface area (Å²) in [6, 6.07) is 10.0. The molecule has 1 aliphatic heterocycles. The van der Waals surface area contributed by atoms with Crippen LogP contribution in [0.1, 0.15) is 68.2 Å². The number of H-pyrrole nitrogens is 1. The lowest BCUT2D eigenvalue weighted by atomic mass is 9.76. The normalized spacial score (nSPS) is 18.8. The fourth-order valence-corrected chi connectivity index (χ4v) is 4.58. The molecule has 1 saturated heterocycles. The Labute approximate surface area is 166 Å². The van der Waals surface area contributed by atoms with Gasteiger partial charge in [-0.25, -0.2) is 4.98 Å². The summed E-state index contributed by atoms with van der Waals surface area (Å²) in [4.78, 5) is 23.1. The van der Waals surface area contributed by atoms with Crippen LogP contribution in [0.2, 0.25) is 0 Å². The first kappa shape index (κ1) is 18.9. The van der Waals surface area contributed by atoms with E-state index >= 15 is 0 Å². The van der Waals surface area contributed by atoms with Gasteiger partial charge in [-0.3, -0.25) is 9.69 Å². The van der Waals surface area contributed by atoms with Gasteiger partial charge in [0.15, 0.2) is 0 Å². The molecule has 0 bridgehead atoms. The van der Waals surface area contributed by atoms with Gasteiger partial charge in [0.05, 0.1) is 17.3 Å². The fraction of sp³-hybridized carbons (Fsp3) is 0.522. The minimum atomic E-state index is -0.158. The molecule has 0 atom stereocenters. The van der Waals surface area contributed by atoms with Crippen molar-refractivity contribution < 1.29 is 0 Å². The summed E-state index contributed by atoms with van der Waals surface area (Å²) < 4.78 is 0. The molecule has 0 unspecified atom stereocenters. The highest BCUT2D eigenvalue weighted by molar-refractivity contribution is 5.35. The van der Waals surface area contributed by atoms with Crippen molar-refractivity contribution in [2.75, 3.05) is 13.1 Å². The van der Waals surface area contributed by atoms with Crippen LogP contribution in [-0.2, 0) is 23.8 Å². The maximum absolute atomic E-state index is 12.6. The summed E-state index contributed by atoms with van der Waals surface area (Å²) in [5.74, 6) is 0.803. The highest BCUT2D eigenvalue weighted by atomic mass is 16.1. The number of hydrogen-bond donors (Lipinski definition) is 1. The number of nitriles is 1. The van der Waals surface area contributed by atoms with E-state index in [4.69, 9.17) is 10.2 Å². The number of piperidine rings is 1. The highest BCUT2D eigenvalue weighted by Crippen LogP contribution is 2.44. The summed E-state index contributed by atoms with van der Waals surface area (Å²) in [5, 5.41) is 8.95. The van der Waals surface area contributed by atoms with Gasteiger partial charge >= 0.3 is 0 Å². The zero-order valence-electron chi connectivity index (χ0n) is 17.0. The van der Waals surface area contributed by atoms with Gasteiger partial charge in [0.2, 0.25) is 0 Å². The van der Waals surface area contributed by atoms with Crippen LogP contribution in [0.3, 0.4) is 0 Å². The van der Waals surface area contributed by atoms with Crippen LogP contribution in [0, 0.1) is 11.3 Å². The Morgan fingerprint density at radius 1 is 1.18 bits per heavy atom. The molecule has 1 spiro atoms. The van der Waals surface area contributed by atoms with Crippen molar-refractivity contribution in [3.8, 4) is 6.07 Å². The summed E-state index contributed by atoms with van der Waals surface area (Å²) in [7, 11) is 0. The van der Waals surface area contributed by atoms with Gasteiger partial charge in [0.1, 0.15) is 5.82 Å². The summed E-state index contributed by atoms with van der Waals surface area (Å²) in [6.45, 7) is 9.22. The second-order valence-electron chi connectivity index (χ2n) is 9.36. The Kier molecular flexibility index (Phi) is 4.63. The molecule has 2 heterocycles. The van der Waals surface area contributed by atoms with Crippen LogP contribution < -0.4 is 5.56 Å². The molecule has 1 N–H and O–H groups in total. The molecule has 0 radical (unpaired) electrons. The maximum atomic E-state index is 12.6. The lowest BCUT2D eigenvalue weighted by molar-refractivity contribution is 0.149. The Balaban J connectivity index is 1.52. The van der Waals surface area contributed by atoms with Crippen LogP contribution >= 0.6 is 0 Å². The second kappa shape index (κ2) is 6.86. The Morgan fingerprint density at radius 2 is 1.86 bits per heavy atom. The maximum Gasteiger partial charge on any atom is 0.254 e. The molecule has 28 heavy (non-hydrogen) atoms. The molecule has 1 aliphatic carbocycles. The van der Waals surface area contributed by atoms with Crippen molar-refractivity contribution in [1.82, 2.24) is 14.9 Å². The molecule has 2 aliphatic rings. The number of benzene rings is 1. The van der Waals surface area contributed by atoms with Crippen LogP contribution in [0.15, 0.2) is 29.1 Å². The summed E-state index contributed by atoms with van der Waals surface area (Å²) >= 11 is 0. The lowest BCUT2D eigenvalue weighted by Gasteiger charge is -2.39. The van der Waals surface area contributed by atoms with Crippen molar-refractivity contribution in [2.45, 2.75) is 63.8 Å². The van der Waals surface area contributed by atoms with E-state index in [1.807, 2.05) is 24.3 Å². The third kappa shape index (κ3) is 3.38. The number of nitrogens with zero attached hydrogens (tertiary/aromatic N) is 3. The smallest absolute Gasteiger partial charge is 0.254 e. The van der Waals surface area contributed by atoms with Gasteiger partial charge in [-0.2, -0.15) is 5.26 Å². The Morgan fingerprint density at radius 3 is 2.46 bits per heavy atom. The molecule has 146 valence electrons. The third-order valence-electron chi connectivity index (χ3n) is 6.38. The zero-order valence-corrected chi connectivity index (χ0v) is 17.0. The van der Waals surface area contributed by atoms with Gasteiger partial charge in [-0.05, 0) is 56.5 Å². The first-order chi connectivity index (χ1) is 13.3. The SMILES string of the molecule is CC(C)(C)c1nc2c(c(=O)[nH]1)CCC21CCN(Cc2ccc(C#N)cc2)CC1. The van der Waals surface area contributed by atoms with Crippen molar-refractivity contribution in [2.24, 2.45) is 0 Å². The average Bonchev–Trinajstić information content (AvgIpc) is 3.03. The molecular formula is C23H28N4O. The predicted molar refractivity (Wildman–Crippen MR) is 109 cm³/mol. The summed E-state index contributed by atoms with van der Waals surface area (Å²) in [6.07, 6.45) is 3.99. The van der Waals surface area contributed by atoms with E-state index in [0.717, 1.165) is 62.4 Å². The van der Waals surface area contributed by atoms with Crippen LogP contribution in [0.5, 0.6) is 0 Å². The molecule has 2 aromatic rings. The number of rotatable bonds is 2. The average molecular weight is 377 g/mol. The van der Waals surface area contributed by atoms with Gasteiger partial charge < -0.3 is 4.98 Å². The standard InChI is InChI=1S/C23H28N4O/c1-22(2,3)21-25-19-18(20(28)26-21)8-9-23(19)10-12-27(13-11-23)15-17-6-4-16(14-24)5-7-17/h4-7H,8-13,15H2,1-3H3,(H,25,26,28). The Bertz CT molecular complexity index is 968.